The topological polar surface area (TPSA) is 59.1 Å². The number of benzene rings is 2. The van der Waals surface area contributed by atoms with E-state index < -0.39 is 0 Å². The Morgan fingerprint density at radius 1 is 1.11 bits per heavy atom. The molecule has 1 aliphatic heterocycles. The zero-order chi connectivity index (χ0) is 24.8. The maximum absolute atomic E-state index is 13.6. The molecule has 3 aromatic rings. The minimum absolute atomic E-state index is 0.0321. The number of thiophene rings is 1. The van der Waals surface area contributed by atoms with Crippen LogP contribution in [0, 0.1) is 6.92 Å². The molecule has 184 valence electrons. The first-order valence-electron chi connectivity index (χ1n) is 12.0. The van der Waals surface area contributed by atoms with Crippen LogP contribution in [0.2, 0.25) is 0 Å². The Kier molecular flexibility index (Phi) is 8.08. The van der Waals surface area contributed by atoms with Crippen molar-refractivity contribution in [2.24, 2.45) is 0 Å². The molecule has 2 heterocycles. The van der Waals surface area contributed by atoms with E-state index in [2.05, 4.69) is 11.4 Å². The van der Waals surface area contributed by atoms with Gasteiger partial charge in [-0.2, -0.15) is 0 Å². The smallest absolute Gasteiger partial charge is 0.254 e. The molecule has 0 radical (unpaired) electrons. The summed E-state index contributed by atoms with van der Waals surface area (Å²) < 4.78 is 11.4. The van der Waals surface area contributed by atoms with E-state index in [9.17, 15) is 9.59 Å². The minimum Gasteiger partial charge on any atom is -0.497 e. The van der Waals surface area contributed by atoms with E-state index in [1.807, 2.05) is 43.0 Å². The van der Waals surface area contributed by atoms with Gasteiger partial charge < -0.3 is 19.3 Å². The predicted molar refractivity (Wildman–Crippen MR) is 138 cm³/mol. The first kappa shape index (κ1) is 24.8. The summed E-state index contributed by atoms with van der Waals surface area (Å²) in [5.41, 5.74) is 2.83. The molecular weight excluding hydrogens is 460 g/mol. The van der Waals surface area contributed by atoms with Crippen molar-refractivity contribution in [2.45, 2.75) is 32.7 Å². The van der Waals surface area contributed by atoms with E-state index >= 15 is 0 Å². The zero-order valence-corrected chi connectivity index (χ0v) is 21.3. The highest BCUT2D eigenvalue weighted by Crippen LogP contribution is 2.34. The van der Waals surface area contributed by atoms with Gasteiger partial charge in [-0.3, -0.25) is 9.59 Å². The number of hydrogen-bond donors (Lipinski definition) is 0. The highest BCUT2D eigenvalue weighted by Gasteiger charge is 2.33. The van der Waals surface area contributed by atoms with E-state index in [1.54, 1.807) is 47.6 Å². The molecule has 2 aromatic carbocycles. The van der Waals surface area contributed by atoms with Gasteiger partial charge in [-0.05, 0) is 67.1 Å². The van der Waals surface area contributed by atoms with Gasteiger partial charge in [0.25, 0.3) is 5.91 Å². The first-order valence-corrected chi connectivity index (χ1v) is 12.9. The van der Waals surface area contributed by atoms with Gasteiger partial charge in [0, 0.05) is 23.5 Å². The fourth-order valence-corrected chi connectivity index (χ4v) is 5.33. The molecule has 2 amide bonds. The zero-order valence-electron chi connectivity index (χ0n) is 20.5. The van der Waals surface area contributed by atoms with E-state index in [0.717, 1.165) is 24.2 Å². The standard InChI is InChI=1S/C28H32N2O4S/c1-4-14-29(28(32)21-6-5-7-23(17-21)33-3)18-27(31)30-15-12-26-24(13-16-35-26)25(30)19-34-22-10-8-20(2)9-11-22/h5-11,13,16-17,25H,4,12,14-15,18-19H2,1-3H3/t25-/m0/s1. The Balaban J connectivity index is 1.51. The third-order valence-corrected chi connectivity index (χ3v) is 7.26. The molecule has 1 aliphatic rings. The third kappa shape index (κ3) is 5.85. The molecular formula is C28H32N2O4S. The lowest BCUT2D eigenvalue weighted by molar-refractivity contribution is -0.135. The lowest BCUT2D eigenvalue weighted by atomic mass is 10.0. The number of hydrogen-bond acceptors (Lipinski definition) is 5. The van der Waals surface area contributed by atoms with Crippen LogP contribution in [0.5, 0.6) is 11.5 Å². The number of carbonyl (C=O) groups excluding carboxylic acids is 2. The second kappa shape index (κ2) is 11.4. The van der Waals surface area contributed by atoms with Crippen molar-refractivity contribution >= 4 is 23.2 Å². The summed E-state index contributed by atoms with van der Waals surface area (Å²) in [6.07, 6.45) is 1.58. The molecule has 4 rings (SSSR count). The van der Waals surface area contributed by atoms with Crippen molar-refractivity contribution < 1.29 is 19.1 Å². The Morgan fingerprint density at radius 3 is 2.66 bits per heavy atom. The van der Waals surface area contributed by atoms with Gasteiger partial charge in [-0.1, -0.05) is 30.7 Å². The maximum atomic E-state index is 13.6. The summed E-state index contributed by atoms with van der Waals surface area (Å²) in [5, 5.41) is 2.08. The van der Waals surface area contributed by atoms with Crippen molar-refractivity contribution in [3.8, 4) is 11.5 Å². The van der Waals surface area contributed by atoms with Crippen molar-refractivity contribution in [3.63, 3.8) is 0 Å². The Labute approximate surface area is 211 Å². The normalized spacial score (nSPS) is 14.8. The molecule has 1 atom stereocenters. The Bertz CT molecular complexity index is 1160. The second-order valence-corrected chi connectivity index (χ2v) is 9.74. The average Bonchev–Trinajstić information content (AvgIpc) is 3.36. The number of fused-ring (bicyclic) bond motifs is 1. The van der Waals surface area contributed by atoms with Crippen molar-refractivity contribution in [3.05, 3.63) is 81.5 Å². The summed E-state index contributed by atoms with van der Waals surface area (Å²) >= 11 is 1.72. The number of carbonyl (C=O) groups is 2. The Morgan fingerprint density at radius 2 is 1.91 bits per heavy atom. The van der Waals surface area contributed by atoms with Gasteiger partial charge in [0.1, 0.15) is 24.7 Å². The quantitative estimate of drug-likeness (QED) is 0.416. The number of aryl methyl sites for hydroxylation is 1. The molecule has 0 spiro atoms. The van der Waals surface area contributed by atoms with Gasteiger partial charge in [0.15, 0.2) is 0 Å². The fraction of sp³-hybridized carbons (Fsp3) is 0.357. The number of amides is 2. The van der Waals surface area contributed by atoms with Crippen LogP contribution in [0.1, 0.15) is 45.7 Å². The average molecular weight is 493 g/mol. The van der Waals surface area contributed by atoms with Crippen LogP contribution in [0.15, 0.2) is 60.0 Å². The maximum Gasteiger partial charge on any atom is 0.254 e. The largest absolute Gasteiger partial charge is 0.497 e. The van der Waals surface area contributed by atoms with E-state index in [0.29, 0.717) is 31.0 Å². The van der Waals surface area contributed by atoms with Crippen LogP contribution in [-0.4, -0.2) is 55.0 Å². The molecule has 0 unspecified atom stereocenters. The van der Waals surface area contributed by atoms with Crippen LogP contribution < -0.4 is 9.47 Å². The summed E-state index contributed by atoms with van der Waals surface area (Å²) in [6, 6.07) is 16.9. The van der Waals surface area contributed by atoms with Crippen molar-refractivity contribution in [1.29, 1.82) is 0 Å². The molecule has 0 aliphatic carbocycles. The molecule has 0 N–H and O–H groups in total. The second-order valence-electron chi connectivity index (χ2n) is 8.73. The predicted octanol–water partition coefficient (Wildman–Crippen LogP) is 5.12. The number of nitrogens with zero attached hydrogens (tertiary/aromatic N) is 2. The van der Waals surface area contributed by atoms with Crippen LogP contribution in [0.4, 0.5) is 0 Å². The summed E-state index contributed by atoms with van der Waals surface area (Å²) in [6.45, 7) is 5.57. The third-order valence-electron chi connectivity index (χ3n) is 6.27. The van der Waals surface area contributed by atoms with Gasteiger partial charge >= 0.3 is 0 Å². The van der Waals surface area contributed by atoms with Crippen LogP contribution in [0.3, 0.4) is 0 Å². The monoisotopic (exact) mass is 492 g/mol. The van der Waals surface area contributed by atoms with Gasteiger partial charge in [0.2, 0.25) is 5.91 Å². The van der Waals surface area contributed by atoms with E-state index in [4.69, 9.17) is 9.47 Å². The molecule has 0 bridgehead atoms. The van der Waals surface area contributed by atoms with Gasteiger partial charge in [-0.25, -0.2) is 0 Å². The number of rotatable bonds is 9. The number of methoxy groups -OCH3 is 1. The number of ether oxygens (including phenoxy) is 2. The molecule has 35 heavy (non-hydrogen) atoms. The van der Waals surface area contributed by atoms with Gasteiger partial charge in [0.05, 0.1) is 13.2 Å². The minimum atomic E-state index is -0.186. The molecule has 0 saturated carbocycles. The summed E-state index contributed by atoms with van der Waals surface area (Å²) in [5.74, 6) is 1.17. The van der Waals surface area contributed by atoms with Gasteiger partial charge in [-0.15, -0.1) is 11.3 Å². The lowest BCUT2D eigenvalue weighted by Gasteiger charge is -2.37. The molecule has 7 heteroatoms. The highest BCUT2D eigenvalue weighted by atomic mass is 32.1. The molecule has 6 nitrogen and oxygen atoms in total. The van der Waals surface area contributed by atoms with Crippen LogP contribution >= 0.6 is 11.3 Å². The summed E-state index contributed by atoms with van der Waals surface area (Å²) in [4.78, 5) is 31.7. The lowest BCUT2D eigenvalue weighted by Crippen LogP contribution is -2.48. The van der Waals surface area contributed by atoms with Crippen molar-refractivity contribution in [1.82, 2.24) is 9.80 Å². The SMILES string of the molecule is CCCN(CC(=O)N1CCc2sccc2[C@@H]1COc1ccc(C)cc1)C(=O)c1cccc(OC)c1. The molecule has 0 fully saturated rings. The van der Waals surface area contributed by atoms with E-state index in [-0.39, 0.29) is 24.4 Å². The Hall–Kier alpha value is -3.32. The highest BCUT2D eigenvalue weighted by molar-refractivity contribution is 7.10. The first-order chi connectivity index (χ1) is 17.0. The molecule has 1 aromatic heterocycles. The van der Waals surface area contributed by atoms with E-state index in [1.165, 1.54) is 10.4 Å². The summed E-state index contributed by atoms with van der Waals surface area (Å²) in [7, 11) is 1.57. The van der Waals surface area contributed by atoms with Crippen LogP contribution in [-0.2, 0) is 11.2 Å². The van der Waals surface area contributed by atoms with Crippen molar-refractivity contribution in [2.75, 3.05) is 33.4 Å². The van der Waals surface area contributed by atoms with Crippen LogP contribution in [0.25, 0.3) is 0 Å². The molecule has 0 saturated heterocycles. The fourth-order valence-electron chi connectivity index (χ4n) is 4.40.